The van der Waals surface area contributed by atoms with Gasteiger partial charge in [0.1, 0.15) is 47.8 Å². The van der Waals surface area contributed by atoms with E-state index in [4.69, 9.17) is 9.15 Å². The third kappa shape index (κ3) is 4.86. The molecule has 4 aromatic rings. The minimum atomic E-state index is -3.53. The van der Waals surface area contributed by atoms with Crippen LogP contribution in [-0.2, 0) is 10.0 Å². The summed E-state index contributed by atoms with van der Waals surface area (Å²) in [6.07, 6.45) is 3.19. The first-order valence-electron chi connectivity index (χ1n) is 12.9. The summed E-state index contributed by atoms with van der Waals surface area (Å²) in [5, 5.41) is 5.44. The molecule has 1 aliphatic heterocycles. The number of quaternary nitrogens is 1. The zero-order chi connectivity index (χ0) is 27.3. The van der Waals surface area contributed by atoms with Crippen molar-refractivity contribution in [3.05, 3.63) is 77.6 Å². The van der Waals surface area contributed by atoms with Crippen molar-refractivity contribution in [3.63, 3.8) is 0 Å². The number of rotatable bonds is 8. The third-order valence-electron chi connectivity index (χ3n) is 7.28. The van der Waals surface area contributed by atoms with Gasteiger partial charge in [-0.15, -0.1) is 0 Å². The van der Waals surface area contributed by atoms with Crippen LogP contribution in [0.15, 0.2) is 65.1 Å². The minimum absolute atomic E-state index is 0.114. The Hall–Kier alpha value is -3.89. The summed E-state index contributed by atoms with van der Waals surface area (Å²) in [6, 6.07) is 16.4. The number of hydrogen-bond donors (Lipinski definition) is 2. The fourth-order valence-electron chi connectivity index (χ4n) is 5.08. The number of nitrogens with two attached hydrogens (primary N) is 1. The highest BCUT2D eigenvalue weighted by Gasteiger charge is 2.39. The highest BCUT2D eigenvalue weighted by Crippen LogP contribution is 2.48. The summed E-state index contributed by atoms with van der Waals surface area (Å²) in [7, 11) is -1.96. The van der Waals surface area contributed by atoms with Gasteiger partial charge < -0.3 is 19.8 Å². The number of fused-ring (bicyclic) bond motifs is 1. The SMILES string of the molecule is CNC(=O)c1c(-c2ccc(Oc3ccc(F)cc3)cc2)oc2cc(N(C3C[NH2+]C3)S(C)(=O)=O)c(C3CC3)cc12. The van der Waals surface area contributed by atoms with E-state index < -0.39 is 10.0 Å². The number of halogens is 1. The first kappa shape index (κ1) is 25.4. The van der Waals surface area contributed by atoms with E-state index in [1.165, 1.54) is 22.7 Å². The van der Waals surface area contributed by atoms with Crippen LogP contribution >= 0.6 is 0 Å². The van der Waals surface area contributed by atoms with Gasteiger partial charge >= 0.3 is 0 Å². The van der Waals surface area contributed by atoms with Crippen LogP contribution in [0.25, 0.3) is 22.3 Å². The molecule has 1 amide bonds. The molecule has 8 nitrogen and oxygen atoms in total. The molecular weight excluding hydrogens is 521 g/mol. The van der Waals surface area contributed by atoms with Gasteiger partial charge in [-0.25, -0.2) is 12.8 Å². The molecule has 0 unspecified atom stereocenters. The Bertz CT molecular complexity index is 1660. The fraction of sp³-hybridized carbons (Fsp3) is 0.276. The number of carbonyl (C=O) groups excluding carboxylic acids is 1. The molecule has 3 N–H and O–H groups in total. The Morgan fingerprint density at radius 3 is 2.23 bits per heavy atom. The van der Waals surface area contributed by atoms with Crippen LogP contribution in [-0.4, -0.2) is 46.8 Å². The highest BCUT2D eigenvalue weighted by atomic mass is 32.2. The number of ether oxygens (including phenoxy) is 1. The molecule has 3 aromatic carbocycles. The molecule has 0 atom stereocenters. The van der Waals surface area contributed by atoms with Crippen LogP contribution in [0, 0.1) is 5.82 Å². The van der Waals surface area contributed by atoms with Crippen molar-refractivity contribution < 1.29 is 32.1 Å². The molecule has 2 fully saturated rings. The smallest absolute Gasteiger partial charge is 0.255 e. The molecule has 1 saturated heterocycles. The second-order valence-corrected chi connectivity index (χ2v) is 12.0. The number of hydrogen-bond acceptors (Lipinski definition) is 5. The molecule has 0 spiro atoms. The van der Waals surface area contributed by atoms with Crippen molar-refractivity contribution in [3.8, 4) is 22.8 Å². The number of nitrogens with zero attached hydrogens (tertiary/aromatic N) is 1. The van der Waals surface area contributed by atoms with Gasteiger partial charge in [-0.3, -0.25) is 9.10 Å². The van der Waals surface area contributed by atoms with Crippen LogP contribution in [0.5, 0.6) is 11.5 Å². The maximum Gasteiger partial charge on any atom is 0.255 e. The summed E-state index contributed by atoms with van der Waals surface area (Å²) < 4.78 is 52.7. The quantitative estimate of drug-likeness (QED) is 0.345. The largest absolute Gasteiger partial charge is 0.457 e. The Kier molecular flexibility index (Phi) is 6.31. The summed E-state index contributed by atoms with van der Waals surface area (Å²) in [6.45, 7) is 1.41. The van der Waals surface area contributed by atoms with Gasteiger partial charge in [-0.1, -0.05) is 0 Å². The topological polar surface area (TPSA) is 105 Å². The maximum atomic E-state index is 13.2. The maximum absolute atomic E-state index is 13.2. The number of anilines is 1. The number of carbonyl (C=O) groups is 1. The van der Waals surface area contributed by atoms with Crippen molar-refractivity contribution in [1.29, 1.82) is 0 Å². The molecule has 0 radical (unpaired) electrons. The molecule has 6 rings (SSSR count). The van der Waals surface area contributed by atoms with E-state index in [1.54, 1.807) is 49.5 Å². The molecule has 202 valence electrons. The summed E-state index contributed by atoms with van der Waals surface area (Å²) in [5.41, 5.74) is 3.08. The summed E-state index contributed by atoms with van der Waals surface area (Å²) in [5.74, 6) is 1.04. The van der Waals surface area contributed by atoms with Crippen molar-refractivity contribution in [2.45, 2.75) is 24.8 Å². The van der Waals surface area contributed by atoms with Gasteiger partial charge in [0.2, 0.25) is 10.0 Å². The molecule has 1 aromatic heterocycles. The van der Waals surface area contributed by atoms with Gasteiger partial charge in [-0.05, 0) is 78.9 Å². The lowest BCUT2D eigenvalue weighted by Gasteiger charge is -2.35. The first-order chi connectivity index (χ1) is 18.7. The second-order valence-electron chi connectivity index (χ2n) is 10.1. The normalized spacial score (nSPS) is 15.7. The van der Waals surface area contributed by atoms with E-state index in [-0.39, 0.29) is 23.7 Å². The van der Waals surface area contributed by atoms with E-state index in [0.717, 1.165) is 18.4 Å². The van der Waals surface area contributed by atoms with E-state index >= 15 is 0 Å². The lowest BCUT2D eigenvalue weighted by atomic mass is 9.99. The molecule has 1 saturated carbocycles. The Balaban J connectivity index is 1.45. The number of benzene rings is 3. The van der Waals surface area contributed by atoms with E-state index in [2.05, 4.69) is 10.6 Å². The predicted octanol–water partition coefficient (Wildman–Crippen LogP) is 3.98. The van der Waals surface area contributed by atoms with Gasteiger partial charge in [0.15, 0.2) is 0 Å². The minimum Gasteiger partial charge on any atom is -0.457 e. The molecule has 10 heteroatoms. The number of nitrogens with one attached hydrogen (secondary N) is 1. The molecule has 1 aliphatic carbocycles. The lowest BCUT2D eigenvalue weighted by molar-refractivity contribution is -0.708. The van der Waals surface area contributed by atoms with Crippen molar-refractivity contribution in [2.75, 3.05) is 30.7 Å². The van der Waals surface area contributed by atoms with E-state index in [0.29, 0.717) is 58.1 Å². The Morgan fingerprint density at radius 2 is 1.69 bits per heavy atom. The number of furan rings is 1. The predicted molar refractivity (Wildman–Crippen MR) is 146 cm³/mol. The van der Waals surface area contributed by atoms with Crippen LogP contribution in [0.4, 0.5) is 10.1 Å². The van der Waals surface area contributed by atoms with Gasteiger partial charge in [-0.2, -0.15) is 0 Å². The summed E-state index contributed by atoms with van der Waals surface area (Å²) in [4.78, 5) is 13.1. The Morgan fingerprint density at radius 1 is 1.05 bits per heavy atom. The molecular formula is C29H29FN3O5S+. The zero-order valence-corrected chi connectivity index (χ0v) is 22.4. The summed E-state index contributed by atoms with van der Waals surface area (Å²) >= 11 is 0. The first-order valence-corrected chi connectivity index (χ1v) is 14.7. The molecule has 0 bridgehead atoms. The fourth-order valence-corrected chi connectivity index (χ4v) is 6.31. The molecule has 2 aliphatic rings. The van der Waals surface area contributed by atoms with Gasteiger partial charge in [0, 0.05) is 24.1 Å². The van der Waals surface area contributed by atoms with Crippen molar-refractivity contribution in [1.82, 2.24) is 5.32 Å². The van der Waals surface area contributed by atoms with Gasteiger partial charge in [0.05, 0.1) is 17.5 Å². The number of sulfonamides is 1. The molecule has 2 heterocycles. The van der Waals surface area contributed by atoms with E-state index in [9.17, 15) is 17.6 Å². The van der Waals surface area contributed by atoms with E-state index in [1.807, 2.05) is 6.07 Å². The average Bonchev–Trinajstić information content (AvgIpc) is 3.66. The molecule has 39 heavy (non-hydrogen) atoms. The van der Waals surface area contributed by atoms with Gasteiger partial charge in [0.25, 0.3) is 5.91 Å². The second kappa shape index (κ2) is 9.69. The van der Waals surface area contributed by atoms with Crippen LogP contribution in [0.1, 0.15) is 34.7 Å². The number of amides is 1. The van der Waals surface area contributed by atoms with Crippen molar-refractivity contribution >= 4 is 32.6 Å². The Labute approximate surface area is 225 Å². The lowest BCUT2D eigenvalue weighted by Crippen LogP contribution is -3.00. The van der Waals surface area contributed by atoms with Crippen molar-refractivity contribution in [2.24, 2.45) is 0 Å². The standard InChI is InChI=1S/C29H28FN3O5S/c1-31-29(34)27-24-13-23(17-3-4-17)25(33(39(2,35)36)20-15-32-16-20)14-26(24)38-28(27)18-5-9-21(10-6-18)37-22-11-7-19(30)8-12-22/h5-14,17,20,32H,3-4,15-16H2,1-2H3,(H,31,34)/p+1. The monoisotopic (exact) mass is 550 g/mol. The third-order valence-corrected chi connectivity index (χ3v) is 8.49. The van der Waals surface area contributed by atoms with Crippen LogP contribution in [0.2, 0.25) is 0 Å². The highest BCUT2D eigenvalue weighted by molar-refractivity contribution is 7.92. The zero-order valence-electron chi connectivity index (χ0n) is 21.6. The van der Waals surface area contributed by atoms with Crippen LogP contribution in [0.3, 0.4) is 0 Å². The van der Waals surface area contributed by atoms with Crippen LogP contribution < -0.4 is 19.7 Å². The average molecular weight is 551 g/mol.